The van der Waals surface area contributed by atoms with Crippen molar-refractivity contribution in [1.29, 1.82) is 0 Å². The zero-order chi connectivity index (χ0) is 24.0. The third-order valence-electron chi connectivity index (χ3n) is 4.97. The van der Waals surface area contributed by atoms with Gasteiger partial charge in [0.05, 0.1) is 32.0 Å². The number of hydrogen-bond donors (Lipinski definition) is 0. The summed E-state index contributed by atoms with van der Waals surface area (Å²) in [6, 6.07) is 13.8. The number of amides is 1. The van der Waals surface area contributed by atoms with Crippen molar-refractivity contribution in [1.82, 2.24) is 0 Å². The van der Waals surface area contributed by atoms with Crippen molar-refractivity contribution in [3.05, 3.63) is 70.9 Å². The molecule has 0 unspecified atom stereocenters. The summed E-state index contributed by atoms with van der Waals surface area (Å²) in [6.45, 7) is 3.92. The number of hydrogen-bond acceptors (Lipinski definition) is 7. The Morgan fingerprint density at radius 2 is 1.52 bits per heavy atom. The van der Waals surface area contributed by atoms with Crippen LogP contribution in [0.4, 0.5) is 5.69 Å². The maximum atomic E-state index is 13.3. The zero-order valence-corrected chi connectivity index (χ0v) is 18.9. The van der Waals surface area contributed by atoms with Crippen molar-refractivity contribution < 1.29 is 33.3 Å². The molecule has 33 heavy (non-hydrogen) atoms. The molecule has 1 aliphatic heterocycles. The van der Waals surface area contributed by atoms with Crippen LogP contribution in [0.5, 0.6) is 11.5 Å². The lowest BCUT2D eigenvalue weighted by Crippen LogP contribution is -2.24. The Kier molecular flexibility index (Phi) is 7.50. The van der Waals surface area contributed by atoms with Crippen LogP contribution in [0.1, 0.15) is 19.4 Å². The lowest BCUT2D eigenvalue weighted by Gasteiger charge is -2.18. The lowest BCUT2D eigenvalue weighted by atomic mass is 10.0. The minimum atomic E-state index is -0.599. The second-order valence-corrected chi connectivity index (χ2v) is 7.01. The SMILES string of the molecule is CCOc1ccc(N2C(=O)/C(=C\c3ccc(OCC(=O)OC)cc3)C(C(=O)OC)=C2C)cc1. The molecule has 8 heteroatoms. The van der Waals surface area contributed by atoms with E-state index in [0.717, 1.165) is 0 Å². The highest BCUT2D eigenvalue weighted by Crippen LogP contribution is 2.36. The molecule has 172 valence electrons. The molecule has 0 fully saturated rings. The van der Waals surface area contributed by atoms with Gasteiger partial charge in [-0.15, -0.1) is 0 Å². The van der Waals surface area contributed by atoms with Crippen molar-refractivity contribution in [2.45, 2.75) is 13.8 Å². The Hall–Kier alpha value is -4.07. The summed E-state index contributed by atoms with van der Waals surface area (Å²) in [4.78, 5) is 38.6. The molecule has 3 rings (SSSR count). The summed E-state index contributed by atoms with van der Waals surface area (Å²) >= 11 is 0. The van der Waals surface area contributed by atoms with Crippen LogP contribution in [0, 0.1) is 0 Å². The number of anilines is 1. The predicted molar refractivity (Wildman–Crippen MR) is 122 cm³/mol. The van der Waals surface area contributed by atoms with Crippen molar-refractivity contribution >= 4 is 29.6 Å². The van der Waals surface area contributed by atoms with Crippen molar-refractivity contribution in [2.75, 3.05) is 32.3 Å². The first-order valence-electron chi connectivity index (χ1n) is 10.3. The third-order valence-corrected chi connectivity index (χ3v) is 4.97. The number of carbonyl (C=O) groups is 3. The fourth-order valence-electron chi connectivity index (χ4n) is 3.38. The predicted octanol–water partition coefficient (Wildman–Crippen LogP) is 3.51. The van der Waals surface area contributed by atoms with Gasteiger partial charge in [0.1, 0.15) is 11.5 Å². The Balaban J connectivity index is 1.92. The Morgan fingerprint density at radius 3 is 2.09 bits per heavy atom. The average molecular weight is 451 g/mol. The number of benzene rings is 2. The summed E-state index contributed by atoms with van der Waals surface area (Å²) in [5.74, 6) is -0.277. The minimum Gasteiger partial charge on any atom is -0.494 e. The largest absolute Gasteiger partial charge is 0.494 e. The van der Waals surface area contributed by atoms with Gasteiger partial charge in [0.2, 0.25) is 0 Å². The molecule has 0 saturated heterocycles. The van der Waals surface area contributed by atoms with Gasteiger partial charge in [-0.05, 0) is 61.9 Å². The molecule has 0 atom stereocenters. The number of methoxy groups -OCH3 is 2. The van der Waals surface area contributed by atoms with Crippen molar-refractivity contribution in [3.8, 4) is 11.5 Å². The topological polar surface area (TPSA) is 91.4 Å². The molecular formula is C25H25NO7. The van der Waals surface area contributed by atoms with E-state index < -0.39 is 11.9 Å². The average Bonchev–Trinajstić information content (AvgIpc) is 3.07. The Bertz CT molecular complexity index is 1100. The number of nitrogens with zero attached hydrogens (tertiary/aromatic N) is 1. The summed E-state index contributed by atoms with van der Waals surface area (Å²) in [5.41, 5.74) is 2.17. The van der Waals surface area contributed by atoms with E-state index >= 15 is 0 Å². The molecule has 0 saturated carbocycles. The maximum absolute atomic E-state index is 13.3. The first-order chi connectivity index (χ1) is 15.9. The monoisotopic (exact) mass is 451 g/mol. The van der Waals surface area contributed by atoms with Gasteiger partial charge < -0.3 is 18.9 Å². The number of carbonyl (C=O) groups excluding carboxylic acids is 3. The van der Waals surface area contributed by atoms with Gasteiger partial charge in [-0.1, -0.05) is 12.1 Å². The second-order valence-electron chi connectivity index (χ2n) is 7.01. The number of ether oxygens (including phenoxy) is 4. The molecular weight excluding hydrogens is 426 g/mol. The Morgan fingerprint density at radius 1 is 0.909 bits per heavy atom. The molecule has 2 aromatic carbocycles. The molecule has 1 aliphatic rings. The van der Waals surface area contributed by atoms with Crippen LogP contribution in [0.25, 0.3) is 6.08 Å². The highest BCUT2D eigenvalue weighted by Gasteiger charge is 2.37. The van der Waals surface area contributed by atoms with Gasteiger partial charge in [-0.3, -0.25) is 9.69 Å². The molecule has 0 bridgehead atoms. The molecule has 0 spiro atoms. The van der Waals surface area contributed by atoms with Crippen LogP contribution in [-0.2, 0) is 23.9 Å². The highest BCUT2D eigenvalue weighted by molar-refractivity contribution is 6.23. The smallest absolute Gasteiger partial charge is 0.343 e. The van der Waals surface area contributed by atoms with E-state index in [-0.39, 0.29) is 23.7 Å². The Labute approximate surface area is 192 Å². The number of rotatable bonds is 8. The van der Waals surface area contributed by atoms with Crippen molar-refractivity contribution in [2.24, 2.45) is 0 Å². The molecule has 0 aliphatic carbocycles. The van der Waals surface area contributed by atoms with Crippen LogP contribution in [0.3, 0.4) is 0 Å². The quantitative estimate of drug-likeness (QED) is 0.448. The van der Waals surface area contributed by atoms with E-state index in [1.165, 1.54) is 19.1 Å². The maximum Gasteiger partial charge on any atom is 0.343 e. The van der Waals surface area contributed by atoms with Gasteiger partial charge in [0.15, 0.2) is 6.61 Å². The van der Waals surface area contributed by atoms with Gasteiger partial charge in [0, 0.05) is 11.4 Å². The molecule has 0 N–H and O–H groups in total. The van der Waals surface area contributed by atoms with E-state index in [1.807, 2.05) is 6.92 Å². The van der Waals surface area contributed by atoms with E-state index in [0.29, 0.717) is 35.1 Å². The molecule has 0 aromatic heterocycles. The standard InChI is InChI=1S/C25H25NO7/c1-5-32-19-12-8-18(9-13-19)26-16(2)23(25(29)31-4)21(24(26)28)14-17-6-10-20(11-7-17)33-15-22(27)30-3/h6-14H,5,15H2,1-4H3/b21-14-. The lowest BCUT2D eigenvalue weighted by molar-refractivity contribution is -0.143. The van der Waals surface area contributed by atoms with E-state index in [1.54, 1.807) is 61.5 Å². The van der Waals surface area contributed by atoms with Crippen LogP contribution in [0.2, 0.25) is 0 Å². The fraction of sp³-hybridized carbons (Fsp3) is 0.240. The van der Waals surface area contributed by atoms with Crippen LogP contribution < -0.4 is 14.4 Å². The van der Waals surface area contributed by atoms with Crippen LogP contribution in [0.15, 0.2) is 65.4 Å². The summed E-state index contributed by atoms with van der Waals surface area (Å²) in [6.07, 6.45) is 1.62. The van der Waals surface area contributed by atoms with Crippen molar-refractivity contribution in [3.63, 3.8) is 0 Å². The summed E-state index contributed by atoms with van der Waals surface area (Å²) < 4.78 is 20.3. The highest BCUT2D eigenvalue weighted by atomic mass is 16.6. The molecule has 8 nitrogen and oxygen atoms in total. The fourth-order valence-corrected chi connectivity index (χ4v) is 3.38. The third kappa shape index (κ3) is 5.23. The van der Waals surface area contributed by atoms with E-state index in [9.17, 15) is 14.4 Å². The van der Waals surface area contributed by atoms with Gasteiger partial charge in [-0.25, -0.2) is 9.59 Å². The molecule has 1 heterocycles. The van der Waals surface area contributed by atoms with Gasteiger partial charge in [0.25, 0.3) is 5.91 Å². The van der Waals surface area contributed by atoms with Gasteiger partial charge >= 0.3 is 11.9 Å². The normalized spacial score (nSPS) is 14.5. The number of allylic oxidation sites excluding steroid dienone is 1. The zero-order valence-electron chi connectivity index (χ0n) is 18.9. The van der Waals surface area contributed by atoms with E-state index in [4.69, 9.17) is 14.2 Å². The second kappa shape index (κ2) is 10.5. The minimum absolute atomic E-state index is 0.197. The molecule has 0 radical (unpaired) electrons. The van der Waals surface area contributed by atoms with E-state index in [2.05, 4.69) is 4.74 Å². The first-order valence-corrected chi connectivity index (χ1v) is 10.3. The summed E-state index contributed by atoms with van der Waals surface area (Å²) in [5, 5.41) is 0. The van der Waals surface area contributed by atoms with Crippen LogP contribution >= 0.6 is 0 Å². The summed E-state index contributed by atoms with van der Waals surface area (Å²) in [7, 11) is 2.56. The van der Waals surface area contributed by atoms with Crippen LogP contribution in [-0.4, -0.2) is 45.3 Å². The first kappa shape index (κ1) is 23.6. The number of esters is 2. The molecule has 1 amide bonds. The van der Waals surface area contributed by atoms with Gasteiger partial charge in [-0.2, -0.15) is 0 Å². The molecule has 2 aromatic rings.